The van der Waals surface area contributed by atoms with Gasteiger partial charge >= 0.3 is 0 Å². The van der Waals surface area contributed by atoms with E-state index in [0.29, 0.717) is 17.9 Å². The van der Waals surface area contributed by atoms with Crippen LogP contribution in [0.25, 0.3) is 10.9 Å². The molecule has 0 saturated carbocycles. The Bertz CT molecular complexity index is 884. The van der Waals surface area contributed by atoms with Gasteiger partial charge in [0.05, 0.1) is 0 Å². The van der Waals surface area contributed by atoms with Gasteiger partial charge in [-0.25, -0.2) is 4.98 Å². The van der Waals surface area contributed by atoms with Crippen molar-refractivity contribution in [3.05, 3.63) is 47.1 Å². The third-order valence-corrected chi connectivity index (χ3v) is 6.12. The first-order valence-electron chi connectivity index (χ1n) is 8.52. The molecule has 0 radical (unpaired) electrons. The zero-order valence-electron chi connectivity index (χ0n) is 13.6. The predicted octanol–water partition coefficient (Wildman–Crippen LogP) is 3.07. The minimum absolute atomic E-state index is 0.531. The molecule has 1 aromatic carbocycles. The van der Waals surface area contributed by atoms with Gasteiger partial charge in [-0.3, -0.25) is 4.68 Å². The molecular formula is C18H20ClN5. The number of nitrogens with one attached hydrogen (secondary N) is 1. The molecule has 3 heterocycles. The SMILES string of the molecule is CN1C[C@H](Cn2cncn2)CC2c3cccc4[nH]c(Cl)c(c34)C[C@H]21. The van der Waals surface area contributed by atoms with Crippen molar-refractivity contribution in [1.29, 1.82) is 0 Å². The van der Waals surface area contributed by atoms with E-state index in [9.17, 15) is 0 Å². The summed E-state index contributed by atoms with van der Waals surface area (Å²) in [7, 11) is 2.25. The zero-order chi connectivity index (χ0) is 16.3. The standard InChI is InChI=1S/C18H20ClN5/c1-23-7-11(8-24-10-20-9-21-24)5-13-12-3-2-4-15-17(12)14(6-16(13)23)18(19)22-15/h2-4,9-11,13,16,22H,5-8H2,1H3/t11-,13?,16-/m1/s1. The molecule has 24 heavy (non-hydrogen) atoms. The maximum Gasteiger partial charge on any atom is 0.137 e. The summed E-state index contributed by atoms with van der Waals surface area (Å²) in [6, 6.07) is 7.10. The highest BCUT2D eigenvalue weighted by Gasteiger charge is 2.40. The summed E-state index contributed by atoms with van der Waals surface area (Å²) >= 11 is 6.48. The summed E-state index contributed by atoms with van der Waals surface area (Å²) in [5.74, 6) is 1.14. The molecule has 5 nitrogen and oxygen atoms in total. The van der Waals surface area contributed by atoms with Crippen LogP contribution in [0, 0.1) is 5.92 Å². The third kappa shape index (κ3) is 2.11. The van der Waals surface area contributed by atoms with E-state index in [1.54, 1.807) is 6.33 Å². The van der Waals surface area contributed by atoms with Gasteiger partial charge in [0, 0.05) is 36.0 Å². The van der Waals surface area contributed by atoms with Crippen molar-refractivity contribution in [3.63, 3.8) is 0 Å². The van der Waals surface area contributed by atoms with Crippen molar-refractivity contribution in [2.24, 2.45) is 5.92 Å². The minimum Gasteiger partial charge on any atom is -0.345 e. The van der Waals surface area contributed by atoms with Crippen LogP contribution in [0.15, 0.2) is 30.9 Å². The fraction of sp³-hybridized carbons (Fsp3) is 0.444. The number of H-pyrrole nitrogens is 1. The second kappa shape index (κ2) is 5.33. The molecule has 6 heteroatoms. The first-order valence-corrected chi connectivity index (χ1v) is 8.90. The fourth-order valence-corrected chi connectivity index (χ4v) is 5.09. The molecule has 2 aromatic heterocycles. The Morgan fingerprint density at radius 3 is 3.12 bits per heavy atom. The maximum atomic E-state index is 6.48. The van der Waals surface area contributed by atoms with Gasteiger partial charge in [-0.2, -0.15) is 5.10 Å². The Hall–Kier alpha value is -1.85. The van der Waals surface area contributed by atoms with Crippen LogP contribution in [0.3, 0.4) is 0 Å². The van der Waals surface area contributed by atoms with E-state index in [4.69, 9.17) is 11.6 Å². The lowest BCUT2D eigenvalue weighted by Gasteiger charge is -2.45. The Morgan fingerprint density at radius 2 is 2.29 bits per heavy atom. The van der Waals surface area contributed by atoms with E-state index in [0.717, 1.165) is 24.7 Å². The summed E-state index contributed by atoms with van der Waals surface area (Å²) < 4.78 is 1.96. The summed E-state index contributed by atoms with van der Waals surface area (Å²) in [5, 5.41) is 6.46. The number of aromatic amines is 1. The Kier molecular flexibility index (Phi) is 3.22. The van der Waals surface area contributed by atoms with Gasteiger partial charge in [-0.05, 0) is 43.0 Å². The van der Waals surface area contributed by atoms with Crippen molar-refractivity contribution in [2.45, 2.75) is 31.3 Å². The van der Waals surface area contributed by atoms with Crippen LogP contribution in [0.1, 0.15) is 23.5 Å². The highest BCUT2D eigenvalue weighted by Crippen LogP contribution is 2.46. The van der Waals surface area contributed by atoms with Gasteiger partial charge in [0.25, 0.3) is 0 Å². The van der Waals surface area contributed by atoms with Gasteiger partial charge in [0.1, 0.15) is 17.8 Å². The minimum atomic E-state index is 0.531. The van der Waals surface area contributed by atoms with Gasteiger partial charge in [-0.15, -0.1) is 0 Å². The van der Waals surface area contributed by atoms with E-state index >= 15 is 0 Å². The zero-order valence-corrected chi connectivity index (χ0v) is 14.4. The fourth-order valence-electron chi connectivity index (χ4n) is 4.82. The number of likely N-dealkylation sites (tertiary alicyclic amines) is 1. The van der Waals surface area contributed by atoms with E-state index in [-0.39, 0.29) is 0 Å². The number of halogens is 1. The molecule has 1 aliphatic carbocycles. The molecule has 124 valence electrons. The van der Waals surface area contributed by atoms with Crippen LogP contribution in [0.4, 0.5) is 0 Å². The maximum absolute atomic E-state index is 6.48. The number of piperidine rings is 1. The second-order valence-electron chi connectivity index (χ2n) is 7.22. The van der Waals surface area contributed by atoms with E-state index in [1.165, 1.54) is 28.5 Å². The lowest BCUT2D eigenvalue weighted by Crippen LogP contribution is -2.48. The van der Waals surface area contributed by atoms with Gasteiger partial charge in [0.2, 0.25) is 0 Å². The van der Waals surface area contributed by atoms with Crippen LogP contribution < -0.4 is 0 Å². The molecule has 1 unspecified atom stereocenters. The summed E-state index contributed by atoms with van der Waals surface area (Å²) in [6.45, 7) is 2.03. The molecule has 3 aromatic rings. The van der Waals surface area contributed by atoms with Crippen molar-refractivity contribution >= 4 is 22.5 Å². The Labute approximate surface area is 145 Å². The number of nitrogens with zero attached hydrogens (tertiary/aromatic N) is 4. The summed E-state index contributed by atoms with van der Waals surface area (Å²) in [5.41, 5.74) is 3.93. The van der Waals surface area contributed by atoms with Gasteiger partial charge < -0.3 is 9.88 Å². The monoisotopic (exact) mass is 341 g/mol. The quantitative estimate of drug-likeness (QED) is 0.779. The Balaban J connectivity index is 1.54. The van der Waals surface area contributed by atoms with E-state index in [2.05, 4.69) is 45.2 Å². The topological polar surface area (TPSA) is 49.7 Å². The number of fused-ring (bicyclic) bond motifs is 2. The molecule has 2 aliphatic rings. The van der Waals surface area contributed by atoms with Crippen LogP contribution in [-0.4, -0.2) is 44.3 Å². The molecule has 1 saturated heterocycles. The van der Waals surface area contributed by atoms with Crippen molar-refractivity contribution in [2.75, 3.05) is 13.6 Å². The second-order valence-corrected chi connectivity index (χ2v) is 7.60. The lowest BCUT2D eigenvalue weighted by molar-refractivity contribution is 0.102. The number of likely N-dealkylation sites (N-methyl/N-ethyl adjacent to an activating group) is 1. The lowest BCUT2D eigenvalue weighted by atomic mass is 9.72. The van der Waals surface area contributed by atoms with E-state index in [1.807, 2.05) is 11.0 Å². The summed E-state index contributed by atoms with van der Waals surface area (Å²) in [4.78, 5) is 9.94. The molecule has 1 aliphatic heterocycles. The molecule has 0 spiro atoms. The molecule has 1 N–H and O–H groups in total. The first kappa shape index (κ1) is 14.5. The number of hydrogen-bond donors (Lipinski definition) is 1. The van der Waals surface area contributed by atoms with Crippen molar-refractivity contribution in [3.8, 4) is 0 Å². The molecule has 3 atom stereocenters. The van der Waals surface area contributed by atoms with Crippen LogP contribution in [0.2, 0.25) is 5.15 Å². The predicted molar refractivity (Wildman–Crippen MR) is 94.3 cm³/mol. The molecule has 5 rings (SSSR count). The normalized spacial score (nSPS) is 26.7. The molecular weight excluding hydrogens is 322 g/mol. The van der Waals surface area contributed by atoms with E-state index < -0.39 is 0 Å². The number of benzene rings is 1. The molecule has 1 fully saturated rings. The third-order valence-electron chi connectivity index (χ3n) is 5.80. The highest BCUT2D eigenvalue weighted by molar-refractivity contribution is 6.32. The number of hydrogen-bond acceptors (Lipinski definition) is 3. The van der Waals surface area contributed by atoms with Crippen LogP contribution in [0.5, 0.6) is 0 Å². The Morgan fingerprint density at radius 1 is 1.38 bits per heavy atom. The molecule has 0 bridgehead atoms. The van der Waals surface area contributed by atoms with Crippen LogP contribution in [-0.2, 0) is 13.0 Å². The average molecular weight is 342 g/mol. The first-order chi connectivity index (χ1) is 11.7. The highest BCUT2D eigenvalue weighted by atomic mass is 35.5. The largest absolute Gasteiger partial charge is 0.345 e. The average Bonchev–Trinajstić information content (AvgIpc) is 3.18. The smallest absolute Gasteiger partial charge is 0.137 e. The molecule has 0 amide bonds. The van der Waals surface area contributed by atoms with Gasteiger partial charge in [0.15, 0.2) is 0 Å². The van der Waals surface area contributed by atoms with Crippen molar-refractivity contribution < 1.29 is 0 Å². The number of aromatic nitrogens is 4. The van der Waals surface area contributed by atoms with Gasteiger partial charge in [-0.1, -0.05) is 23.7 Å². The summed E-state index contributed by atoms with van der Waals surface area (Å²) in [6.07, 6.45) is 5.66. The number of rotatable bonds is 2. The van der Waals surface area contributed by atoms with Crippen molar-refractivity contribution in [1.82, 2.24) is 24.6 Å². The van der Waals surface area contributed by atoms with Crippen LogP contribution >= 0.6 is 11.6 Å².